The first-order valence-corrected chi connectivity index (χ1v) is 10.0. The maximum absolute atomic E-state index is 16.8. The van der Waals surface area contributed by atoms with Crippen LogP contribution in [0.5, 0.6) is 0 Å². The molecule has 28 heavy (non-hydrogen) atoms. The van der Waals surface area contributed by atoms with Gasteiger partial charge in [0.25, 0.3) is 0 Å². The Balaban J connectivity index is 1.88. The van der Waals surface area contributed by atoms with Gasteiger partial charge >= 0.3 is 0 Å². The van der Waals surface area contributed by atoms with Gasteiger partial charge in [0, 0.05) is 16.7 Å². The predicted molar refractivity (Wildman–Crippen MR) is 98.8 cm³/mol. The highest BCUT2D eigenvalue weighted by Gasteiger charge is 2.76. The number of allylic oxidation sites excluding steroid dienone is 4. The Hall–Kier alpha value is -1.40. The van der Waals surface area contributed by atoms with Gasteiger partial charge in [0.05, 0.1) is 6.10 Å². The molecule has 0 aliphatic heterocycles. The van der Waals surface area contributed by atoms with Crippen molar-refractivity contribution >= 4 is 11.6 Å². The van der Waals surface area contributed by atoms with Gasteiger partial charge in [0.15, 0.2) is 17.2 Å². The van der Waals surface area contributed by atoms with Crippen molar-refractivity contribution in [1.29, 1.82) is 0 Å². The molecule has 4 rings (SSSR count). The molecule has 0 saturated heterocycles. The first-order valence-electron chi connectivity index (χ1n) is 10.0. The van der Waals surface area contributed by atoms with Crippen LogP contribution >= 0.6 is 0 Å². The molecule has 2 N–H and O–H groups in total. The van der Waals surface area contributed by atoms with Gasteiger partial charge in [-0.3, -0.25) is 9.59 Å². The fourth-order valence-electron chi connectivity index (χ4n) is 7.29. The van der Waals surface area contributed by atoms with Gasteiger partial charge in [0.1, 0.15) is 11.8 Å². The number of hydrogen-bond acceptors (Lipinski definition) is 4. The molecular weight excluding hydrogens is 366 g/mol. The molecule has 3 saturated carbocycles. The zero-order valence-electron chi connectivity index (χ0n) is 16.7. The van der Waals surface area contributed by atoms with Gasteiger partial charge in [-0.05, 0) is 62.7 Å². The Bertz CT molecular complexity index is 821. The van der Waals surface area contributed by atoms with Crippen molar-refractivity contribution in [3.05, 3.63) is 23.8 Å². The van der Waals surface area contributed by atoms with Crippen molar-refractivity contribution in [2.24, 2.45) is 28.6 Å². The highest BCUT2D eigenvalue weighted by Crippen LogP contribution is 2.70. The summed E-state index contributed by atoms with van der Waals surface area (Å²) >= 11 is 0. The third-order valence-electron chi connectivity index (χ3n) is 8.75. The van der Waals surface area contributed by atoms with Crippen molar-refractivity contribution < 1.29 is 28.6 Å². The van der Waals surface area contributed by atoms with Crippen molar-refractivity contribution in [2.75, 3.05) is 0 Å². The van der Waals surface area contributed by atoms with E-state index in [9.17, 15) is 19.8 Å². The maximum atomic E-state index is 16.8. The predicted octanol–water partition coefficient (Wildman–Crippen LogP) is 2.87. The first kappa shape index (κ1) is 19.9. The molecule has 0 spiro atoms. The number of ketones is 2. The van der Waals surface area contributed by atoms with Crippen LogP contribution in [0.4, 0.5) is 8.78 Å². The average Bonchev–Trinajstić information content (AvgIpc) is 2.81. The van der Waals surface area contributed by atoms with Crippen LogP contribution in [0.2, 0.25) is 0 Å². The summed E-state index contributed by atoms with van der Waals surface area (Å²) in [5, 5.41) is 22.4. The molecule has 9 atom stereocenters. The number of rotatable bonds is 1. The Kier molecular flexibility index (Phi) is 3.98. The highest BCUT2D eigenvalue weighted by atomic mass is 19.1. The lowest BCUT2D eigenvalue weighted by Gasteiger charge is -2.63. The van der Waals surface area contributed by atoms with E-state index in [1.807, 2.05) is 0 Å². The fraction of sp³-hybridized carbons (Fsp3) is 0.727. The molecule has 4 aliphatic carbocycles. The number of Topliss-reactive ketones (excluding diaryl/α,β-unsaturated/α-hetero) is 1. The zero-order chi connectivity index (χ0) is 20.9. The third-order valence-corrected chi connectivity index (χ3v) is 8.75. The summed E-state index contributed by atoms with van der Waals surface area (Å²) in [6, 6.07) is 0. The second kappa shape index (κ2) is 5.60. The third kappa shape index (κ3) is 1.96. The summed E-state index contributed by atoms with van der Waals surface area (Å²) in [4.78, 5) is 24.2. The van der Waals surface area contributed by atoms with Crippen LogP contribution in [-0.2, 0) is 9.59 Å². The summed E-state index contributed by atoms with van der Waals surface area (Å²) in [5.41, 5.74) is -6.26. The van der Waals surface area contributed by atoms with Gasteiger partial charge in [-0.2, -0.15) is 0 Å². The molecule has 0 aromatic rings. The maximum Gasteiger partial charge on any atom is 0.178 e. The molecule has 0 unspecified atom stereocenters. The quantitative estimate of drug-likeness (QED) is 0.717. The number of carbonyl (C=O) groups excluding carboxylic acids is 2. The number of aliphatic hydroxyl groups excluding tert-OH is 1. The van der Waals surface area contributed by atoms with E-state index in [4.69, 9.17) is 0 Å². The topological polar surface area (TPSA) is 74.6 Å². The van der Waals surface area contributed by atoms with Crippen molar-refractivity contribution in [3.8, 4) is 0 Å². The molecule has 3 fully saturated rings. The lowest BCUT2D eigenvalue weighted by molar-refractivity contribution is -0.222. The van der Waals surface area contributed by atoms with E-state index in [1.165, 1.54) is 19.1 Å². The van der Waals surface area contributed by atoms with Crippen molar-refractivity contribution in [2.45, 2.75) is 70.5 Å². The van der Waals surface area contributed by atoms with E-state index in [1.54, 1.807) is 20.8 Å². The van der Waals surface area contributed by atoms with Gasteiger partial charge in [-0.25, -0.2) is 8.78 Å². The summed E-state index contributed by atoms with van der Waals surface area (Å²) in [6.45, 7) is 6.36. The molecule has 0 bridgehead atoms. The number of aliphatic hydroxyl groups is 2. The number of halogens is 2. The Labute approximate surface area is 163 Å². The fourth-order valence-corrected chi connectivity index (χ4v) is 7.29. The lowest BCUT2D eigenvalue weighted by atomic mass is 9.44. The van der Waals surface area contributed by atoms with Crippen LogP contribution in [0.25, 0.3) is 0 Å². The van der Waals surface area contributed by atoms with Crippen LogP contribution in [0, 0.1) is 28.6 Å². The molecule has 154 valence electrons. The van der Waals surface area contributed by atoms with Crippen LogP contribution in [0.1, 0.15) is 47.0 Å². The lowest BCUT2D eigenvalue weighted by Crippen LogP contribution is -2.70. The Morgan fingerprint density at radius 2 is 1.89 bits per heavy atom. The molecular formula is C22H28F2O4. The van der Waals surface area contributed by atoms with E-state index in [0.717, 1.165) is 6.08 Å². The molecule has 4 nitrogen and oxygen atoms in total. The largest absolute Gasteiger partial charge is 0.390 e. The van der Waals surface area contributed by atoms with E-state index in [-0.39, 0.29) is 24.2 Å². The Morgan fingerprint density at radius 3 is 2.50 bits per heavy atom. The highest BCUT2D eigenvalue weighted by molar-refractivity contribution is 6.01. The smallest absolute Gasteiger partial charge is 0.178 e. The van der Waals surface area contributed by atoms with E-state index < -0.39 is 57.9 Å². The second-order valence-electron chi connectivity index (χ2n) is 9.82. The van der Waals surface area contributed by atoms with Gasteiger partial charge in [-0.1, -0.05) is 19.9 Å². The standard InChI is InChI=1S/C22H28F2O4/c1-11-7-14-15-9-17(23)16-8-13(26)5-6-19(16,3)21(15,24)18(27)10-20(14,4)22(11,28)12(2)25/h5-6,8,11,14-15,17-18,27-28H,7,9-10H2,1-4H3/t11-,14+,15+,17+,18+,19+,20+,21+,22+/m1/s1. The summed E-state index contributed by atoms with van der Waals surface area (Å²) in [6.07, 6.45) is 0.918. The summed E-state index contributed by atoms with van der Waals surface area (Å²) < 4.78 is 32.0. The molecule has 0 heterocycles. The molecule has 6 heteroatoms. The molecule has 0 aromatic heterocycles. The van der Waals surface area contributed by atoms with Crippen LogP contribution in [0.3, 0.4) is 0 Å². The molecule has 0 radical (unpaired) electrons. The monoisotopic (exact) mass is 394 g/mol. The SMILES string of the molecule is CC(=O)[C@@]1(O)[C@H](C)C[C@H]2[C@@H]3C[C@H](F)C4=CC(=O)C=C[C@]4(C)[C@@]3(F)[C@@H](O)C[C@@]21C. The summed E-state index contributed by atoms with van der Waals surface area (Å²) in [5.74, 6) is -2.51. The average molecular weight is 394 g/mol. The minimum absolute atomic E-state index is 0.0780. The number of alkyl halides is 2. The Morgan fingerprint density at radius 1 is 1.25 bits per heavy atom. The number of fused-ring (bicyclic) bond motifs is 5. The first-order chi connectivity index (χ1) is 12.8. The molecule has 4 aliphatic rings. The van der Waals surface area contributed by atoms with Gasteiger partial charge < -0.3 is 10.2 Å². The van der Waals surface area contributed by atoms with Crippen LogP contribution in [-0.4, -0.2) is 45.3 Å². The number of hydrogen-bond donors (Lipinski definition) is 2. The van der Waals surface area contributed by atoms with Crippen LogP contribution < -0.4 is 0 Å². The molecule has 0 amide bonds. The van der Waals surface area contributed by atoms with E-state index in [2.05, 4.69) is 0 Å². The van der Waals surface area contributed by atoms with E-state index in [0.29, 0.717) is 6.42 Å². The van der Waals surface area contributed by atoms with Gasteiger partial charge in [0.2, 0.25) is 0 Å². The van der Waals surface area contributed by atoms with E-state index >= 15 is 8.78 Å². The zero-order valence-corrected chi connectivity index (χ0v) is 16.7. The van der Waals surface area contributed by atoms with Crippen molar-refractivity contribution in [3.63, 3.8) is 0 Å². The van der Waals surface area contributed by atoms with Gasteiger partial charge in [-0.15, -0.1) is 0 Å². The number of carbonyl (C=O) groups is 2. The minimum atomic E-state index is -2.18. The minimum Gasteiger partial charge on any atom is -0.390 e. The van der Waals surface area contributed by atoms with Crippen LogP contribution in [0.15, 0.2) is 23.8 Å². The second-order valence-corrected chi connectivity index (χ2v) is 9.82. The summed E-state index contributed by atoms with van der Waals surface area (Å²) in [7, 11) is 0. The normalized spacial score (nSPS) is 55.2. The molecule has 0 aromatic carbocycles. The van der Waals surface area contributed by atoms with Crippen molar-refractivity contribution in [1.82, 2.24) is 0 Å².